The van der Waals surface area contributed by atoms with Crippen LogP contribution in [-0.2, 0) is 16.0 Å². The number of primary amides is 1. The van der Waals surface area contributed by atoms with Crippen LogP contribution < -0.4 is 15.2 Å². The molecule has 1 heterocycles. The lowest BCUT2D eigenvalue weighted by molar-refractivity contribution is -0.130. The Hall–Kier alpha value is -2.24. The topological polar surface area (TPSA) is 81.9 Å². The maximum atomic E-state index is 12.2. The minimum absolute atomic E-state index is 0.0468. The molecule has 1 aliphatic rings. The molecule has 6 heteroatoms. The van der Waals surface area contributed by atoms with Gasteiger partial charge in [0, 0.05) is 25.6 Å². The van der Waals surface area contributed by atoms with Crippen LogP contribution in [0.25, 0.3) is 0 Å². The molecule has 0 saturated carbocycles. The van der Waals surface area contributed by atoms with Crippen LogP contribution >= 0.6 is 0 Å². The van der Waals surface area contributed by atoms with Gasteiger partial charge in [-0.3, -0.25) is 9.59 Å². The van der Waals surface area contributed by atoms with Gasteiger partial charge in [-0.15, -0.1) is 0 Å². The first-order valence-electron chi connectivity index (χ1n) is 7.32. The zero-order valence-electron chi connectivity index (χ0n) is 13.0. The molecule has 1 unspecified atom stereocenters. The average Bonchev–Trinajstić information content (AvgIpc) is 3.02. The molecule has 0 bridgehead atoms. The van der Waals surface area contributed by atoms with Gasteiger partial charge in [-0.2, -0.15) is 0 Å². The molecule has 0 radical (unpaired) electrons. The van der Waals surface area contributed by atoms with E-state index in [9.17, 15) is 9.59 Å². The fraction of sp³-hybridized carbons (Fsp3) is 0.500. The Morgan fingerprint density at radius 3 is 2.36 bits per heavy atom. The van der Waals surface area contributed by atoms with Crippen molar-refractivity contribution in [2.24, 2.45) is 11.7 Å². The van der Waals surface area contributed by atoms with Gasteiger partial charge in [0.2, 0.25) is 11.8 Å². The number of nitrogens with zero attached hydrogens (tertiary/aromatic N) is 1. The number of hydrogen-bond donors (Lipinski definition) is 1. The zero-order valence-corrected chi connectivity index (χ0v) is 13.0. The summed E-state index contributed by atoms with van der Waals surface area (Å²) in [7, 11) is 3.19. The van der Waals surface area contributed by atoms with Gasteiger partial charge in [0.25, 0.3) is 0 Å². The average molecular weight is 306 g/mol. The fourth-order valence-corrected chi connectivity index (χ4v) is 2.64. The lowest BCUT2D eigenvalue weighted by Crippen LogP contribution is -2.31. The van der Waals surface area contributed by atoms with Crippen LogP contribution in [0, 0.1) is 5.92 Å². The standard InChI is InChI=1S/C16H22N2O4/c1-21-13-7-11(8-14(9-13)22-2)3-4-15(19)18-6-5-12(10-18)16(17)20/h7-9,12H,3-6,10H2,1-2H3,(H2,17,20). The smallest absolute Gasteiger partial charge is 0.222 e. The number of likely N-dealkylation sites (tertiary alicyclic amines) is 1. The maximum absolute atomic E-state index is 12.2. The number of carbonyl (C=O) groups is 2. The molecule has 6 nitrogen and oxygen atoms in total. The second-order valence-electron chi connectivity index (χ2n) is 5.45. The van der Waals surface area contributed by atoms with Crippen LogP contribution in [0.3, 0.4) is 0 Å². The Bertz CT molecular complexity index is 537. The third-order valence-electron chi connectivity index (χ3n) is 3.98. The quantitative estimate of drug-likeness (QED) is 0.849. The van der Waals surface area contributed by atoms with Crippen molar-refractivity contribution in [3.8, 4) is 11.5 Å². The van der Waals surface area contributed by atoms with E-state index in [1.165, 1.54) is 0 Å². The van der Waals surface area contributed by atoms with Crippen molar-refractivity contribution in [1.29, 1.82) is 0 Å². The van der Waals surface area contributed by atoms with Crippen LogP contribution in [0.1, 0.15) is 18.4 Å². The van der Waals surface area contributed by atoms with E-state index in [0.717, 1.165) is 5.56 Å². The van der Waals surface area contributed by atoms with Crippen LogP contribution in [0.2, 0.25) is 0 Å². The summed E-state index contributed by atoms with van der Waals surface area (Å²) in [5, 5.41) is 0. The minimum Gasteiger partial charge on any atom is -0.497 e. The first-order chi connectivity index (χ1) is 10.5. The number of rotatable bonds is 6. The summed E-state index contributed by atoms with van der Waals surface area (Å²) >= 11 is 0. The van der Waals surface area contributed by atoms with Crippen molar-refractivity contribution in [3.05, 3.63) is 23.8 Å². The normalized spacial score (nSPS) is 17.4. The molecule has 22 heavy (non-hydrogen) atoms. The first kappa shape index (κ1) is 16.1. The SMILES string of the molecule is COc1cc(CCC(=O)N2CCC(C(N)=O)C2)cc(OC)c1. The van der Waals surface area contributed by atoms with Crippen molar-refractivity contribution < 1.29 is 19.1 Å². The molecular weight excluding hydrogens is 284 g/mol. The van der Waals surface area contributed by atoms with Gasteiger partial charge < -0.3 is 20.1 Å². The van der Waals surface area contributed by atoms with Crippen LogP contribution in [0.5, 0.6) is 11.5 Å². The molecule has 0 aliphatic carbocycles. The number of aryl methyl sites for hydroxylation is 1. The largest absolute Gasteiger partial charge is 0.497 e. The Balaban J connectivity index is 1.93. The highest BCUT2D eigenvalue weighted by Gasteiger charge is 2.29. The highest BCUT2D eigenvalue weighted by atomic mass is 16.5. The summed E-state index contributed by atoms with van der Waals surface area (Å²) in [6.45, 7) is 1.05. The summed E-state index contributed by atoms with van der Waals surface area (Å²) in [6.07, 6.45) is 1.65. The van der Waals surface area contributed by atoms with E-state index in [-0.39, 0.29) is 17.7 Å². The number of methoxy groups -OCH3 is 2. The highest BCUT2D eigenvalue weighted by molar-refractivity contribution is 5.81. The van der Waals surface area contributed by atoms with Crippen LogP contribution in [0.4, 0.5) is 0 Å². The molecule has 1 atom stereocenters. The van der Waals surface area contributed by atoms with E-state index in [1.54, 1.807) is 25.2 Å². The second kappa shape index (κ2) is 7.15. The first-order valence-corrected chi connectivity index (χ1v) is 7.32. The number of hydrogen-bond acceptors (Lipinski definition) is 4. The summed E-state index contributed by atoms with van der Waals surface area (Å²) in [5.41, 5.74) is 6.27. The van der Waals surface area contributed by atoms with Gasteiger partial charge in [0.05, 0.1) is 20.1 Å². The molecule has 2 N–H and O–H groups in total. The maximum Gasteiger partial charge on any atom is 0.222 e. The molecule has 0 aromatic heterocycles. The Morgan fingerprint density at radius 2 is 1.86 bits per heavy atom. The Morgan fingerprint density at radius 1 is 1.23 bits per heavy atom. The van der Waals surface area contributed by atoms with Gasteiger partial charge in [-0.25, -0.2) is 0 Å². The summed E-state index contributed by atoms with van der Waals surface area (Å²) in [6, 6.07) is 5.58. The lowest BCUT2D eigenvalue weighted by atomic mass is 10.1. The molecule has 1 aromatic carbocycles. The van der Waals surface area contributed by atoms with Gasteiger partial charge >= 0.3 is 0 Å². The van der Waals surface area contributed by atoms with Gasteiger partial charge in [-0.05, 0) is 30.5 Å². The Kier molecular flexibility index (Phi) is 5.25. The molecular formula is C16H22N2O4. The van der Waals surface area contributed by atoms with E-state index in [0.29, 0.717) is 43.9 Å². The third-order valence-corrected chi connectivity index (χ3v) is 3.98. The molecule has 1 fully saturated rings. The molecule has 1 aliphatic heterocycles. The molecule has 0 spiro atoms. The minimum atomic E-state index is -0.326. The van der Waals surface area contributed by atoms with Crippen LogP contribution in [0.15, 0.2) is 18.2 Å². The summed E-state index contributed by atoms with van der Waals surface area (Å²) in [5.74, 6) is 0.924. The monoisotopic (exact) mass is 306 g/mol. The third kappa shape index (κ3) is 3.90. The van der Waals surface area contributed by atoms with E-state index < -0.39 is 0 Å². The van der Waals surface area contributed by atoms with Crippen molar-refractivity contribution in [2.45, 2.75) is 19.3 Å². The van der Waals surface area contributed by atoms with E-state index >= 15 is 0 Å². The number of ether oxygens (including phenoxy) is 2. The second-order valence-corrected chi connectivity index (χ2v) is 5.45. The summed E-state index contributed by atoms with van der Waals surface area (Å²) in [4.78, 5) is 25.1. The summed E-state index contributed by atoms with van der Waals surface area (Å²) < 4.78 is 10.4. The van der Waals surface area contributed by atoms with Crippen molar-refractivity contribution in [2.75, 3.05) is 27.3 Å². The zero-order chi connectivity index (χ0) is 16.1. The van der Waals surface area contributed by atoms with Crippen LogP contribution in [-0.4, -0.2) is 44.0 Å². The Labute approximate surface area is 130 Å². The fourth-order valence-electron chi connectivity index (χ4n) is 2.64. The van der Waals surface area contributed by atoms with E-state index in [1.807, 2.05) is 12.1 Å². The van der Waals surface area contributed by atoms with Crippen molar-refractivity contribution in [1.82, 2.24) is 4.90 Å². The molecule has 1 aromatic rings. The molecule has 120 valence electrons. The lowest BCUT2D eigenvalue weighted by Gasteiger charge is -2.16. The predicted molar refractivity (Wildman–Crippen MR) is 81.7 cm³/mol. The highest BCUT2D eigenvalue weighted by Crippen LogP contribution is 2.24. The molecule has 1 saturated heterocycles. The number of nitrogens with two attached hydrogens (primary N) is 1. The number of benzene rings is 1. The predicted octanol–water partition coefficient (Wildman–Crippen LogP) is 0.970. The van der Waals surface area contributed by atoms with Gasteiger partial charge in [-0.1, -0.05) is 0 Å². The van der Waals surface area contributed by atoms with Crippen molar-refractivity contribution in [3.63, 3.8) is 0 Å². The molecule has 2 rings (SSSR count). The van der Waals surface area contributed by atoms with E-state index in [4.69, 9.17) is 15.2 Å². The van der Waals surface area contributed by atoms with E-state index in [2.05, 4.69) is 0 Å². The number of amides is 2. The number of carbonyl (C=O) groups excluding carboxylic acids is 2. The van der Waals surface area contributed by atoms with Gasteiger partial charge in [0.15, 0.2) is 0 Å². The molecule has 2 amide bonds. The van der Waals surface area contributed by atoms with Crippen molar-refractivity contribution >= 4 is 11.8 Å². The van der Waals surface area contributed by atoms with Gasteiger partial charge in [0.1, 0.15) is 11.5 Å².